The number of hydrogen-bond acceptors (Lipinski definition) is 5. The lowest BCUT2D eigenvalue weighted by Gasteiger charge is -2.45. The molecule has 6 aromatic carbocycles. The zero-order chi connectivity index (χ0) is 45.2. The SMILES string of the molecule is Cc1cc(C(C)(C)C)cc(C)c1N1c2cc(C(C)C)cc3c2B(c2cc4c(cc2N3c2ccc(C(C)(C)C)cc2-c2ccccc2)OCCCO4)c2sc3ccc(C(C)(C)C)cc3c21. The fourth-order valence-corrected chi connectivity index (χ4v) is 11.5. The molecular weight excluding hydrogens is 800 g/mol. The molecule has 0 spiro atoms. The fourth-order valence-electron chi connectivity index (χ4n) is 10.2. The fraction of sp³-hybridized carbons (Fsp3) is 0.345. The van der Waals surface area contributed by atoms with E-state index in [4.69, 9.17) is 9.47 Å². The van der Waals surface area contributed by atoms with Crippen LogP contribution in [0.15, 0.2) is 103 Å². The maximum absolute atomic E-state index is 6.59. The summed E-state index contributed by atoms with van der Waals surface area (Å²) in [5, 5.41) is 1.32. The standard InChI is InChI=1S/C58H63BN2O2S/c1-34(2)38-28-47-52-48(29-38)61(53-35(3)26-41(27-36(53)4)58(11,12)13)54-43-31-40(57(8,9)10)21-23-51(43)64-55(54)59(52)44-32-49-50(63-25-17-24-62-49)33-46(44)60(47)45-22-20-39(56(5,6)7)30-42(45)37-18-15-14-16-19-37/h14-16,18-23,26-34H,17,24-25H2,1-13H3. The van der Waals surface area contributed by atoms with Crippen molar-refractivity contribution in [2.75, 3.05) is 23.0 Å². The minimum atomic E-state index is -0.0418. The van der Waals surface area contributed by atoms with E-state index in [1.807, 2.05) is 11.3 Å². The lowest BCUT2D eigenvalue weighted by molar-refractivity contribution is 0.297. The second-order valence-corrected chi connectivity index (χ2v) is 23.1. The van der Waals surface area contributed by atoms with Crippen LogP contribution in [0.1, 0.15) is 122 Å². The summed E-state index contributed by atoms with van der Waals surface area (Å²) in [4.78, 5) is 5.27. The molecule has 0 amide bonds. The summed E-state index contributed by atoms with van der Waals surface area (Å²) in [5.41, 5.74) is 20.2. The van der Waals surface area contributed by atoms with Gasteiger partial charge in [0.25, 0.3) is 6.71 Å². The summed E-state index contributed by atoms with van der Waals surface area (Å²) in [6.07, 6.45) is 0.846. The predicted octanol–water partition coefficient (Wildman–Crippen LogP) is 14.4. The number of fused-ring (bicyclic) bond motifs is 7. The highest BCUT2D eigenvalue weighted by Crippen LogP contribution is 2.53. The minimum absolute atomic E-state index is 0.00949. The largest absolute Gasteiger partial charge is 0.490 e. The first-order valence-electron chi connectivity index (χ1n) is 23.4. The maximum atomic E-state index is 6.59. The Morgan fingerprint density at radius 2 is 1.17 bits per heavy atom. The van der Waals surface area contributed by atoms with Crippen molar-refractivity contribution in [3.05, 3.63) is 137 Å². The molecule has 4 heterocycles. The van der Waals surface area contributed by atoms with E-state index in [-0.39, 0.29) is 28.9 Å². The van der Waals surface area contributed by atoms with Crippen molar-refractivity contribution in [1.29, 1.82) is 0 Å². The molecule has 3 aliphatic heterocycles. The molecule has 1 aromatic heterocycles. The predicted molar refractivity (Wildman–Crippen MR) is 277 cm³/mol. The van der Waals surface area contributed by atoms with Crippen molar-refractivity contribution >= 4 is 78.0 Å². The topological polar surface area (TPSA) is 24.9 Å². The van der Waals surface area contributed by atoms with Gasteiger partial charge < -0.3 is 19.3 Å². The van der Waals surface area contributed by atoms with Crippen LogP contribution < -0.4 is 35.0 Å². The average molecular weight is 863 g/mol. The lowest BCUT2D eigenvalue weighted by Crippen LogP contribution is -2.60. The van der Waals surface area contributed by atoms with Crippen LogP contribution in [0.5, 0.6) is 11.5 Å². The maximum Gasteiger partial charge on any atom is 0.264 e. The number of ether oxygens (including phenoxy) is 2. The Bertz CT molecular complexity index is 2970. The van der Waals surface area contributed by atoms with E-state index in [0.717, 1.165) is 29.3 Å². The van der Waals surface area contributed by atoms with Gasteiger partial charge in [0.1, 0.15) is 0 Å². The van der Waals surface area contributed by atoms with Crippen LogP contribution in [0.4, 0.5) is 34.1 Å². The Morgan fingerprint density at radius 3 is 1.80 bits per heavy atom. The molecule has 0 saturated heterocycles. The molecule has 0 atom stereocenters. The smallest absolute Gasteiger partial charge is 0.264 e. The van der Waals surface area contributed by atoms with Crippen molar-refractivity contribution < 1.29 is 9.47 Å². The molecule has 0 radical (unpaired) electrons. The van der Waals surface area contributed by atoms with Crippen molar-refractivity contribution in [1.82, 2.24) is 0 Å². The summed E-state index contributed by atoms with van der Waals surface area (Å²) >= 11 is 1.96. The van der Waals surface area contributed by atoms with E-state index in [2.05, 4.69) is 203 Å². The van der Waals surface area contributed by atoms with Gasteiger partial charge in [-0.05, 0) is 128 Å². The van der Waals surface area contributed by atoms with Crippen LogP contribution in [0, 0.1) is 13.8 Å². The molecule has 0 bridgehead atoms. The lowest BCUT2D eigenvalue weighted by atomic mass is 9.36. The molecule has 64 heavy (non-hydrogen) atoms. The van der Waals surface area contributed by atoms with Crippen LogP contribution in [-0.2, 0) is 16.2 Å². The Morgan fingerprint density at radius 1 is 0.578 bits per heavy atom. The molecule has 6 heteroatoms. The van der Waals surface area contributed by atoms with Crippen LogP contribution in [-0.4, -0.2) is 19.9 Å². The van der Waals surface area contributed by atoms with E-state index < -0.39 is 0 Å². The molecule has 3 aliphatic rings. The molecule has 0 saturated carbocycles. The van der Waals surface area contributed by atoms with E-state index in [1.165, 1.54) is 93.0 Å². The summed E-state index contributed by atoms with van der Waals surface area (Å²) in [7, 11) is 0. The van der Waals surface area contributed by atoms with E-state index >= 15 is 0 Å². The second kappa shape index (κ2) is 15.1. The number of thiophene rings is 1. The normalized spacial score (nSPS) is 14.8. The van der Waals surface area contributed by atoms with Gasteiger partial charge in [0, 0.05) is 50.0 Å². The first kappa shape index (κ1) is 42.5. The molecule has 326 valence electrons. The van der Waals surface area contributed by atoms with Crippen LogP contribution >= 0.6 is 11.3 Å². The molecule has 0 fully saturated rings. The van der Waals surface area contributed by atoms with Gasteiger partial charge in [-0.2, -0.15) is 0 Å². The number of benzene rings is 6. The van der Waals surface area contributed by atoms with Gasteiger partial charge in [-0.25, -0.2) is 0 Å². The third kappa shape index (κ3) is 6.94. The van der Waals surface area contributed by atoms with Gasteiger partial charge in [-0.1, -0.05) is 131 Å². The summed E-state index contributed by atoms with van der Waals surface area (Å²) in [6.45, 7) is 31.5. The average Bonchev–Trinajstić information content (AvgIpc) is 3.46. The summed E-state index contributed by atoms with van der Waals surface area (Å²) in [6, 6.07) is 39.9. The Hall–Kier alpha value is -5.46. The van der Waals surface area contributed by atoms with Crippen LogP contribution in [0.2, 0.25) is 0 Å². The highest BCUT2D eigenvalue weighted by atomic mass is 32.1. The molecule has 0 unspecified atom stereocenters. The van der Waals surface area contributed by atoms with Crippen LogP contribution in [0.3, 0.4) is 0 Å². The second-order valence-electron chi connectivity index (χ2n) is 22.0. The van der Waals surface area contributed by atoms with Gasteiger partial charge in [0.15, 0.2) is 11.5 Å². The minimum Gasteiger partial charge on any atom is -0.490 e. The molecule has 10 rings (SSSR count). The highest BCUT2D eigenvalue weighted by Gasteiger charge is 2.47. The van der Waals surface area contributed by atoms with E-state index in [9.17, 15) is 0 Å². The molecular formula is C58H63BN2O2S. The first-order valence-corrected chi connectivity index (χ1v) is 24.2. The number of anilines is 6. The van der Waals surface area contributed by atoms with E-state index in [0.29, 0.717) is 13.2 Å². The number of rotatable bonds is 4. The van der Waals surface area contributed by atoms with Gasteiger partial charge in [-0.3, -0.25) is 0 Å². The number of hydrogen-bond donors (Lipinski definition) is 0. The molecule has 4 nitrogen and oxygen atoms in total. The van der Waals surface area contributed by atoms with Gasteiger partial charge >= 0.3 is 0 Å². The van der Waals surface area contributed by atoms with Gasteiger partial charge in [-0.15, -0.1) is 11.3 Å². The molecule has 0 aliphatic carbocycles. The summed E-state index contributed by atoms with van der Waals surface area (Å²) < 4.78 is 15.8. The Kier molecular flexibility index (Phi) is 10.00. The summed E-state index contributed by atoms with van der Waals surface area (Å²) in [5.74, 6) is 1.92. The third-order valence-corrected chi connectivity index (χ3v) is 15.1. The Balaban J connectivity index is 1.37. The molecule has 7 aromatic rings. The highest BCUT2D eigenvalue weighted by molar-refractivity contribution is 7.33. The van der Waals surface area contributed by atoms with Gasteiger partial charge in [0.05, 0.1) is 30.3 Å². The van der Waals surface area contributed by atoms with E-state index in [1.54, 1.807) is 0 Å². The monoisotopic (exact) mass is 862 g/mol. The quantitative estimate of drug-likeness (QED) is 0.165. The zero-order valence-electron chi connectivity index (χ0n) is 40.2. The third-order valence-electron chi connectivity index (χ3n) is 13.9. The van der Waals surface area contributed by atoms with Crippen molar-refractivity contribution in [2.45, 2.75) is 119 Å². The van der Waals surface area contributed by atoms with Crippen molar-refractivity contribution in [3.63, 3.8) is 0 Å². The van der Waals surface area contributed by atoms with Crippen molar-refractivity contribution in [2.24, 2.45) is 0 Å². The first-order chi connectivity index (χ1) is 30.3. The molecule has 0 N–H and O–H groups in total. The van der Waals surface area contributed by atoms with Crippen LogP contribution in [0.25, 0.3) is 21.2 Å². The van der Waals surface area contributed by atoms with Gasteiger partial charge in [0.2, 0.25) is 0 Å². The number of nitrogens with zero attached hydrogens (tertiary/aromatic N) is 2. The zero-order valence-corrected chi connectivity index (χ0v) is 41.0. The Labute approximate surface area is 386 Å². The number of aryl methyl sites for hydroxylation is 2. The van der Waals surface area contributed by atoms with Crippen molar-refractivity contribution in [3.8, 4) is 22.6 Å².